The summed E-state index contributed by atoms with van der Waals surface area (Å²) < 4.78 is 6.14. The summed E-state index contributed by atoms with van der Waals surface area (Å²) in [5, 5.41) is 0.511. The lowest BCUT2D eigenvalue weighted by Gasteiger charge is -2.08. The lowest BCUT2D eigenvalue weighted by molar-refractivity contribution is 0.0987. The van der Waals surface area contributed by atoms with Crippen molar-refractivity contribution in [1.29, 1.82) is 0 Å². The fraction of sp³-hybridized carbons (Fsp3) is 0.143. The maximum atomic E-state index is 12.1. The molecular weight excluding hydrogens is 330 g/mol. The predicted molar refractivity (Wildman–Crippen MR) is 78.0 cm³/mol. The third-order valence-corrected chi connectivity index (χ3v) is 3.32. The fourth-order valence-electron chi connectivity index (χ4n) is 1.69. The Morgan fingerprint density at radius 3 is 2.79 bits per heavy atom. The van der Waals surface area contributed by atoms with E-state index in [1.165, 1.54) is 6.20 Å². The highest BCUT2D eigenvalue weighted by Gasteiger charge is 2.12. The van der Waals surface area contributed by atoms with E-state index in [0.717, 1.165) is 10.0 Å². The Morgan fingerprint density at radius 1 is 1.37 bits per heavy atom. The van der Waals surface area contributed by atoms with Gasteiger partial charge in [-0.2, -0.15) is 0 Å². The number of methoxy groups -OCH3 is 1. The van der Waals surface area contributed by atoms with E-state index >= 15 is 0 Å². The standard InChI is InChI=1S/C14H11BrClNO2/c1-19-14-5-2-10(15)6-9(14)7-13(18)12-4-3-11(16)8-17-12/h2-6,8H,7H2,1H3. The first kappa shape index (κ1) is 14.0. The summed E-state index contributed by atoms with van der Waals surface area (Å²) in [6, 6.07) is 8.83. The first-order valence-electron chi connectivity index (χ1n) is 5.57. The van der Waals surface area contributed by atoms with Gasteiger partial charge in [0.2, 0.25) is 0 Å². The third kappa shape index (κ3) is 3.55. The molecular formula is C14H11BrClNO2. The summed E-state index contributed by atoms with van der Waals surface area (Å²) in [4.78, 5) is 16.1. The van der Waals surface area contributed by atoms with E-state index < -0.39 is 0 Å². The minimum absolute atomic E-state index is 0.0759. The number of hydrogen-bond acceptors (Lipinski definition) is 3. The van der Waals surface area contributed by atoms with Gasteiger partial charge < -0.3 is 4.74 Å². The second-order valence-corrected chi connectivity index (χ2v) is 5.27. The van der Waals surface area contributed by atoms with Crippen LogP contribution in [0.3, 0.4) is 0 Å². The molecule has 0 bridgehead atoms. The minimum atomic E-state index is -0.0759. The number of pyridine rings is 1. The summed E-state index contributed by atoms with van der Waals surface area (Å²) in [7, 11) is 1.58. The number of rotatable bonds is 4. The highest BCUT2D eigenvalue weighted by Crippen LogP contribution is 2.24. The van der Waals surface area contributed by atoms with Crippen LogP contribution in [-0.2, 0) is 6.42 Å². The van der Waals surface area contributed by atoms with Crippen molar-refractivity contribution in [3.8, 4) is 5.75 Å². The van der Waals surface area contributed by atoms with Crippen LogP contribution in [0.1, 0.15) is 16.1 Å². The second-order valence-electron chi connectivity index (χ2n) is 3.92. The van der Waals surface area contributed by atoms with Gasteiger partial charge in [-0.05, 0) is 30.3 Å². The lowest BCUT2D eigenvalue weighted by Crippen LogP contribution is -2.07. The minimum Gasteiger partial charge on any atom is -0.496 e. The van der Waals surface area contributed by atoms with E-state index in [9.17, 15) is 4.79 Å². The van der Waals surface area contributed by atoms with Gasteiger partial charge >= 0.3 is 0 Å². The number of nitrogens with zero attached hydrogens (tertiary/aromatic N) is 1. The van der Waals surface area contributed by atoms with Crippen molar-refractivity contribution in [2.75, 3.05) is 7.11 Å². The smallest absolute Gasteiger partial charge is 0.185 e. The Labute approximate surface area is 124 Å². The van der Waals surface area contributed by atoms with Crippen LogP contribution in [0, 0.1) is 0 Å². The zero-order chi connectivity index (χ0) is 13.8. The van der Waals surface area contributed by atoms with E-state index in [2.05, 4.69) is 20.9 Å². The van der Waals surface area contributed by atoms with Crippen LogP contribution in [0.2, 0.25) is 5.02 Å². The van der Waals surface area contributed by atoms with Crippen molar-refractivity contribution in [3.05, 3.63) is 57.3 Å². The van der Waals surface area contributed by atoms with Crippen molar-refractivity contribution >= 4 is 33.3 Å². The number of hydrogen-bond donors (Lipinski definition) is 0. The summed E-state index contributed by atoms with van der Waals surface area (Å²) in [6.07, 6.45) is 1.70. The van der Waals surface area contributed by atoms with E-state index in [-0.39, 0.29) is 12.2 Å². The van der Waals surface area contributed by atoms with E-state index in [4.69, 9.17) is 16.3 Å². The van der Waals surface area contributed by atoms with Gasteiger partial charge in [0.1, 0.15) is 11.4 Å². The van der Waals surface area contributed by atoms with Crippen LogP contribution < -0.4 is 4.74 Å². The predicted octanol–water partition coefficient (Wildman–Crippen LogP) is 3.93. The molecule has 0 spiro atoms. The Bertz CT molecular complexity index is 599. The van der Waals surface area contributed by atoms with Crippen LogP contribution >= 0.6 is 27.5 Å². The second kappa shape index (κ2) is 6.17. The number of Topliss-reactive ketones (excluding diaryl/α,β-unsaturated/α-hetero) is 1. The maximum Gasteiger partial charge on any atom is 0.185 e. The molecule has 19 heavy (non-hydrogen) atoms. The molecule has 0 aliphatic heterocycles. The molecule has 0 saturated carbocycles. The van der Waals surface area contributed by atoms with Crippen LogP contribution in [0.15, 0.2) is 41.0 Å². The molecule has 3 nitrogen and oxygen atoms in total. The van der Waals surface area contributed by atoms with Crippen LogP contribution in [0.25, 0.3) is 0 Å². The van der Waals surface area contributed by atoms with Gasteiger partial charge in [0, 0.05) is 22.7 Å². The Kier molecular flexibility index (Phi) is 4.56. The van der Waals surface area contributed by atoms with Crippen molar-refractivity contribution in [2.24, 2.45) is 0 Å². The van der Waals surface area contributed by atoms with Gasteiger partial charge in [-0.1, -0.05) is 27.5 Å². The number of aromatic nitrogens is 1. The molecule has 5 heteroatoms. The molecule has 0 N–H and O–H groups in total. The molecule has 0 atom stereocenters. The van der Waals surface area contributed by atoms with Gasteiger partial charge in [-0.3, -0.25) is 9.78 Å². The molecule has 1 aromatic carbocycles. The van der Waals surface area contributed by atoms with Crippen LogP contribution in [0.5, 0.6) is 5.75 Å². The zero-order valence-corrected chi connectivity index (χ0v) is 12.5. The average molecular weight is 341 g/mol. The molecule has 0 amide bonds. The molecule has 0 radical (unpaired) electrons. The van der Waals surface area contributed by atoms with Gasteiger partial charge in [0.25, 0.3) is 0 Å². The summed E-state index contributed by atoms with van der Waals surface area (Å²) in [6.45, 7) is 0. The van der Waals surface area contributed by atoms with Crippen molar-refractivity contribution in [2.45, 2.75) is 6.42 Å². The molecule has 0 fully saturated rings. The van der Waals surface area contributed by atoms with Crippen LogP contribution in [0.4, 0.5) is 0 Å². The molecule has 98 valence electrons. The Hall–Kier alpha value is -1.39. The highest BCUT2D eigenvalue weighted by molar-refractivity contribution is 9.10. The normalized spacial score (nSPS) is 10.3. The Morgan fingerprint density at radius 2 is 2.16 bits per heavy atom. The molecule has 0 aliphatic carbocycles. The van der Waals surface area contributed by atoms with E-state index in [0.29, 0.717) is 16.5 Å². The molecule has 2 rings (SSSR count). The monoisotopic (exact) mass is 339 g/mol. The number of carbonyl (C=O) groups excluding carboxylic acids is 1. The topological polar surface area (TPSA) is 39.2 Å². The number of halogens is 2. The molecule has 0 unspecified atom stereocenters. The summed E-state index contributed by atoms with van der Waals surface area (Å²) >= 11 is 9.13. The van der Waals surface area contributed by atoms with Crippen molar-refractivity contribution in [1.82, 2.24) is 4.98 Å². The number of ketones is 1. The van der Waals surface area contributed by atoms with Gasteiger partial charge in [0.05, 0.1) is 12.1 Å². The molecule has 1 aromatic heterocycles. The quantitative estimate of drug-likeness (QED) is 0.792. The Balaban J connectivity index is 2.23. The van der Waals surface area contributed by atoms with Gasteiger partial charge in [-0.15, -0.1) is 0 Å². The first-order valence-corrected chi connectivity index (χ1v) is 6.74. The largest absolute Gasteiger partial charge is 0.496 e. The number of carbonyl (C=O) groups is 1. The third-order valence-electron chi connectivity index (χ3n) is 2.61. The molecule has 0 aliphatic rings. The average Bonchev–Trinajstić information content (AvgIpc) is 2.39. The molecule has 1 heterocycles. The first-order chi connectivity index (χ1) is 9.10. The zero-order valence-electron chi connectivity index (χ0n) is 10.2. The SMILES string of the molecule is COc1ccc(Br)cc1CC(=O)c1ccc(Cl)cn1. The van der Waals surface area contributed by atoms with Gasteiger partial charge in [0.15, 0.2) is 5.78 Å². The van der Waals surface area contributed by atoms with Crippen molar-refractivity contribution in [3.63, 3.8) is 0 Å². The van der Waals surface area contributed by atoms with Crippen molar-refractivity contribution < 1.29 is 9.53 Å². The number of ether oxygens (including phenoxy) is 1. The van der Waals surface area contributed by atoms with Crippen LogP contribution in [-0.4, -0.2) is 17.9 Å². The summed E-state index contributed by atoms with van der Waals surface area (Å²) in [5.41, 5.74) is 1.21. The summed E-state index contributed by atoms with van der Waals surface area (Å²) in [5.74, 6) is 0.610. The van der Waals surface area contributed by atoms with E-state index in [1.54, 1.807) is 19.2 Å². The molecule has 2 aromatic rings. The highest BCUT2D eigenvalue weighted by atomic mass is 79.9. The lowest BCUT2D eigenvalue weighted by atomic mass is 10.1. The maximum absolute atomic E-state index is 12.1. The molecule has 0 saturated heterocycles. The van der Waals surface area contributed by atoms with E-state index in [1.807, 2.05) is 18.2 Å². The number of benzene rings is 1. The van der Waals surface area contributed by atoms with Gasteiger partial charge in [-0.25, -0.2) is 0 Å². The fourth-order valence-corrected chi connectivity index (χ4v) is 2.21.